The molecule has 0 amide bonds. The predicted octanol–water partition coefficient (Wildman–Crippen LogP) is 3.06. The third-order valence-corrected chi connectivity index (χ3v) is 3.19. The van der Waals surface area contributed by atoms with Crippen molar-refractivity contribution >= 4 is 17.2 Å². The zero-order chi connectivity index (χ0) is 17.7. The normalized spacial score (nSPS) is 12.2. The standard InChI is InChI=1S/C14H23O3P.H3O3P/c1-13(2,3)10-7-8-12(17-18(15)16)11(9-10)14(4,5)6;1-4(2)3/h7-9,15-16H,1-6H3;1-3H. The van der Waals surface area contributed by atoms with E-state index in [2.05, 4.69) is 47.6 Å². The van der Waals surface area contributed by atoms with Crippen molar-refractivity contribution in [2.24, 2.45) is 0 Å². The molecule has 0 saturated heterocycles. The molecule has 0 unspecified atom stereocenters. The molecule has 1 aromatic carbocycles. The molecule has 5 N–H and O–H groups in total. The highest BCUT2D eigenvalue weighted by Crippen LogP contribution is 2.39. The first kappa shape index (κ1) is 21.7. The Labute approximate surface area is 134 Å². The highest BCUT2D eigenvalue weighted by atomic mass is 31.2. The van der Waals surface area contributed by atoms with Crippen LogP contribution in [0.4, 0.5) is 0 Å². The van der Waals surface area contributed by atoms with Crippen LogP contribution in [0.15, 0.2) is 18.2 Å². The number of benzene rings is 1. The van der Waals surface area contributed by atoms with Gasteiger partial charge in [-0.25, -0.2) is 0 Å². The lowest BCUT2D eigenvalue weighted by atomic mass is 9.80. The van der Waals surface area contributed by atoms with Crippen molar-refractivity contribution in [1.29, 1.82) is 0 Å². The molecule has 0 aliphatic carbocycles. The molecule has 1 aromatic rings. The summed E-state index contributed by atoms with van der Waals surface area (Å²) in [6.45, 7) is 12.7. The van der Waals surface area contributed by atoms with Crippen molar-refractivity contribution in [2.45, 2.75) is 52.4 Å². The maximum Gasteiger partial charge on any atom is 0.391 e. The summed E-state index contributed by atoms with van der Waals surface area (Å²) >= 11 is 0. The molecule has 1 rings (SSSR count). The van der Waals surface area contributed by atoms with Crippen LogP contribution < -0.4 is 4.52 Å². The van der Waals surface area contributed by atoms with Crippen molar-refractivity contribution in [1.82, 2.24) is 0 Å². The second kappa shape index (κ2) is 8.51. The maximum absolute atomic E-state index is 9.02. The fourth-order valence-corrected chi connectivity index (χ4v) is 2.09. The van der Waals surface area contributed by atoms with E-state index in [0.717, 1.165) is 5.56 Å². The Morgan fingerprint density at radius 2 is 1.27 bits per heavy atom. The molecule has 0 heterocycles. The molecule has 0 fully saturated rings. The summed E-state index contributed by atoms with van der Waals surface area (Å²) in [5.41, 5.74) is 2.15. The molecule has 0 aromatic heterocycles. The van der Waals surface area contributed by atoms with E-state index in [1.165, 1.54) is 5.56 Å². The smallest absolute Gasteiger partial charge is 0.391 e. The Morgan fingerprint density at radius 1 is 0.818 bits per heavy atom. The molecular formula is C14H26O6P2. The van der Waals surface area contributed by atoms with E-state index < -0.39 is 17.2 Å². The van der Waals surface area contributed by atoms with Gasteiger partial charge in [0.1, 0.15) is 5.75 Å². The molecule has 8 heteroatoms. The van der Waals surface area contributed by atoms with Gasteiger partial charge in [-0.1, -0.05) is 53.7 Å². The van der Waals surface area contributed by atoms with Gasteiger partial charge in [0.25, 0.3) is 0 Å². The van der Waals surface area contributed by atoms with Gasteiger partial charge in [0.2, 0.25) is 0 Å². The lowest BCUT2D eigenvalue weighted by Crippen LogP contribution is -2.17. The minimum Gasteiger partial charge on any atom is -0.427 e. The molecule has 0 atom stereocenters. The summed E-state index contributed by atoms with van der Waals surface area (Å²) in [7, 11) is -5.00. The van der Waals surface area contributed by atoms with Gasteiger partial charge in [0.05, 0.1) is 0 Å². The minimum atomic E-state index is -2.62. The molecule has 0 aliphatic rings. The summed E-state index contributed by atoms with van der Waals surface area (Å²) in [5.74, 6) is 0.548. The number of hydrogen-bond donors (Lipinski definition) is 5. The van der Waals surface area contributed by atoms with Crippen LogP contribution in [0.5, 0.6) is 5.75 Å². The SMILES string of the molecule is CC(C)(C)c1ccc(OP(O)O)c(C(C)(C)C)c1.OP(O)O. The Hall–Kier alpha value is -0.320. The van der Waals surface area contributed by atoms with Crippen molar-refractivity contribution in [3.8, 4) is 5.75 Å². The van der Waals surface area contributed by atoms with Crippen molar-refractivity contribution in [3.63, 3.8) is 0 Å². The van der Waals surface area contributed by atoms with Gasteiger partial charge in [-0.3, -0.25) is 0 Å². The molecule has 128 valence electrons. The van der Waals surface area contributed by atoms with Crippen LogP contribution in [0.2, 0.25) is 0 Å². The summed E-state index contributed by atoms with van der Waals surface area (Å²) in [4.78, 5) is 39.7. The van der Waals surface area contributed by atoms with E-state index >= 15 is 0 Å². The van der Waals surface area contributed by atoms with E-state index in [0.29, 0.717) is 5.75 Å². The third kappa shape index (κ3) is 8.35. The largest absolute Gasteiger partial charge is 0.427 e. The van der Waals surface area contributed by atoms with Gasteiger partial charge >= 0.3 is 17.2 Å². The second-order valence-corrected chi connectivity index (χ2v) is 8.05. The van der Waals surface area contributed by atoms with Crippen molar-refractivity contribution in [2.75, 3.05) is 0 Å². The lowest BCUT2D eigenvalue weighted by Gasteiger charge is -2.27. The highest BCUT2D eigenvalue weighted by molar-refractivity contribution is 7.39. The fraction of sp³-hybridized carbons (Fsp3) is 0.571. The second-order valence-electron chi connectivity index (χ2n) is 6.82. The van der Waals surface area contributed by atoms with Gasteiger partial charge in [-0.2, -0.15) is 0 Å². The van der Waals surface area contributed by atoms with E-state index in [1.54, 1.807) is 0 Å². The van der Waals surface area contributed by atoms with Crippen LogP contribution in [0.25, 0.3) is 0 Å². The molecule has 0 aliphatic heterocycles. The van der Waals surface area contributed by atoms with Gasteiger partial charge in [-0.05, 0) is 22.5 Å². The Morgan fingerprint density at radius 3 is 1.59 bits per heavy atom. The monoisotopic (exact) mass is 352 g/mol. The van der Waals surface area contributed by atoms with Crippen LogP contribution in [-0.2, 0) is 10.8 Å². The van der Waals surface area contributed by atoms with Gasteiger partial charge in [0.15, 0.2) is 0 Å². The van der Waals surface area contributed by atoms with E-state index in [-0.39, 0.29) is 10.8 Å². The first-order valence-electron chi connectivity index (χ1n) is 6.62. The molecule has 6 nitrogen and oxygen atoms in total. The number of hydrogen-bond acceptors (Lipinski definition) is 6. The molecule has 0 bridgehead atoms. The topological polar surface area (TPSA) is 110 Å². The minimum absolute atomic E-state index is 0.0572. The van der Waals surface area contributed by atoms with Crippen LogP contribution in [0, 0.1) is 0 Å². The fourth-order valence-electron chi connectivity index (χ4n) is 1.75. The highest BCUT2D eigenvalue weighted by Gasteiger charge is 2.24. The third-order valence-electron chi connectivity index (χ3n) is 2.83. The maximum atomic E-state index is 9.02. The van der Waals surface area contributed by atoms with Crippen LogP contribution in [-0.4, -0.2) is 24.5 Å². The van der Waals surface area contributed by atoms with E-state index in [9.17, 15) is 0 Å². The Kier molecular flexibility index (Phi) is 8.39. The Bertz CT molecular complexity index is 461. The predicted molar refractivity (Wildman–Crippen MR) is 89.4 cm³/mol. The molecule has 22 heavy (non-hydrogen) atoms. The lowest BCUT2D eigenvalue weighted by molar-refractivity contribution is 0.367. The summed E-state index contributed by atoms with van der Waals surface area (Å²) < 4.78 is 5.12. The quantitative estimate of drug-likeness (QED) is 0.523. The zero-order valence-corrected chi connectivity index (χ0v) is 15.6. The average molecular weight is 352 g/mol. The first-order valence-corrected chi connectivity index (χ1v) is 8.99. The van der Waals surface area contributed by atoms with Crippen LogP contribution >= 0.6 is 17.2 Å². The van der Waals surface area contributed by atoms with E-state index in [1.807, 2.05) is 12.1 Å². The molecule has 0 spiro atoms. The Balaban J connectivity index is 0.000000980. The molecular weight excluding hydrogens is 326 g/mol. The van der Waals surface area contributed by atoms with Gasteiger partial charge in [-0.15, -0.1) is 0 Å². The first-order chi connectivity index (χ1) is 9.75. The van der Waals surface area contributed by atoms with Gasteiger partial charge in [0, 0.05) is 5.56 Å². The van der Waals surface area contributed by atoms with Gasteiger partial charge < -0.3 is 29.0 Å². The summed E-state index contributed by atoms with van der Waals surface area (Å²) in [6, 6.07) is 5.89. The summed E-state index contributed by atoms with van der Waals surface area (Å²) in [5, 5.41) is 0. The van der Waals surface area contributed by atoms with Crippen molar-refractivity contribution < 1.29 is 29.0 Å². The van der Waals surface area contributed by atoms with Crippen molar-refractivity contribution in [3.05, 3.63) is 29.3 Å². The van der Waals surface area contributed by atoms with E-state index in [4.69, 9.17) is 29.0 Å². The zero-order valence-electron chi connectivity index (χ0n) is 13.8. The summed E-state index contributed by atoms with van der Waals surface area (Å²) in [6.07, 6.45) is 0. The number of rotatable bonds is 2. The molecule has 0 radical (unpaired) electrons. The average Bonchev–Trinajstić information content (AvgIpc) is 2.24. The molecule has 0 saturated carbocycles. The van der Waals surface area contributed by atoms with Crippen LogP contribution in [0.1, 0.15) is 52.7 Å². The van der Waals surface area contributed by atoms with Crippen LogP contribution in [0.3, 0.4) is 0 Å².